The molecule has 0 atom stereocenters. The lowest BCUT2D eigenvalue weighted by atomic mass is 10.1. The molecule has 3 rings (SSSR count). The summed E-state index contributed by atoms with van der Waals surface area (Å²) >= 11 is 0. The molecule has 2 aromatic rings. The van der Waals surface area contributed by atoms with Gasteiger partial charge in [0.05, 0.1) is 6.61 Å². The number of carbonyl (C=O) groups is 1. The molecule has 0 radical (unpaired) electrons. The maximum atomic E-state index is 12.3. The van der Waals surface area contributed by atoms with E-state index in [1.165, 1.54) is 0 Å². The highest BCUT2D eigenvalue weighted by Gasteiger charge is 2.26. The third-order valence-corrected chi connectivity index (χ3v) is 4.55. The third kappa shape index (κ3) is 5.90. The van der Waals surface area contributed by atoms with Crippen LogP contribution in [0, 0.1) is 0 Å². The molecule has 7 heteroatoms. The van der Waals surface area contributed by atoms with Crippen molar-refractivity contribution in [3.05, 3.63) is 42.1 Å². The normalized spacial score (nSPS) is 14.8. The van der Waals surface area contributed by atoms with E-state index in [-0.39, 0.29) is 6.09 Å². The molecule has 1 saturated heterocycles. The minimum absolute atomic E-state index is 0.258. The predicted molar refractivity (Wildman–Crippen MR) is 113 cm³/mol. The number of benzene rings is 1. The van der Waals surface area contributed by atoms with Gasteiger partial charge in [0, 0.05) is 44.5 Å². The van der Waals surface area contributed by atoms with E-state index in [1.54, 1.807) is 11.1 Å². The number of hydrogen-bond acceptors (Lipinski definition) is 6. The van der Waals surface area contributed by atoms with Gasteiger partial charge in [-0.25, -0.2) is 14.8 Å². The largest absolute Gasteiger partial charge is 0.444 e. The highest BCUT2D eigenvalue weighted by atomic mass is 16.6. The van der Waals surface area contributed by atoms with Crippen molar-refractivity contribution in [2.45, 2.75) is 39.9 Å². The summed E-state index contributed by atoms with van der Waals surface area (Å²) in [6.45, 7) is 11.5. The van der Waals surface area contributed by atoms with Crippen LogP contribution >= 0.6 is 0 Å². The summed E-state index contributed by atoms with van der Waals surface area (Å²) in [5.41, 5.74) is 1.59. The molecule has 1 aliphatic rings. The molecule has 0 unspecified atom stereocenters. The summed E-state index contributed by atoms with van der Waals surface area (Å²) in [7, 11) is 0. The molecule has 1 aromatic heterocycles. The molecule has 7 nitrogen and oxygen atoms in total. The minimum atomic E-state index is -0.480. The molecular weight excluding hydrogens is 368 g/mol. The van der Waals surface area contributed by atoms with Crippen molar-refractivity contribution in [3.63, 3.8) is 0 Å². The van der Waals surface area contributed by atoms with Crippen LogP contribution in [0.1, 0.15) is 33.3 Å². The molecule has 29 heavy (non-hydrogen) atoms. The first-order chi connectivity index (χ1) is 13.9. The van der Waals surface area contributed by atoms with E-state index < -0.39 is 5.60 Å². The quantitative estimate of drug-likeness (QED) is 0.764. The van der Waals surface area contributed by atoms with Gasteiger partial charge >= 0.3 is 6.09 Å². The Bertz CT molecular complexity index is 827. The van der Waals surface area contributed by atoms with Gasteiger partial charge in [0.15, 0.2) is 5.82 Å². The second kappa shape index (κ2) is 9.22. The summed E-state index contributed by atoms with van der Waals surface area (Å²) < 4.78 is 11.0. The van der Waals surface area contributed by atoms with E-state index in [4.69, 9.17) is 14.5 Å². The smallest absolute Gasteiger partial charge is 0.410 e. The summed E-state index contributed by atoms with van der Waals surface area (Å²) in [6.07, 6.45) is 1.53. The number of anilines is 1. The zero-order valence-corrected chi connectivity index (χ0v) is 17.7. The van der Waals surface area contributed by atoms with Gasteiger partial charge in [-0.3, -0.25) is 0 Å². The summed E-state index contributed by atoms with van der Waals surface area (Å²) in [4.78, 5) is 25.4. The van der Waals surface area contributed by atoms with Crippen molar-refractivity contribution in [1.82, 2.24) is 14.9 Å². The molecule has 0 aliphatic carbocycles. The molecule has 0 spiro atoms. The van der Waals surface area contributed by atoms with Crippen LogP contribution in [0.4, 0.5) is 10.6 Å². The zero-order chi connectivity index (χ0) is 20.9. The lowest BCUT2D eigenvalue weighted by Gasteiger charge is -2.36. The molecule has 1 aromatic carbocycles. The van der Waals surface area contributed by atoms with Crippen LogP contribution < -0.4 is 4.90 Å². The first-order valence-electron chi connectivity index (χ1n) is 10.1. The van der Waals surface area contributed by atoms with Crippen molar-refractivity contribution in [1.29, 1.82) is 0 Å². The molecule has 1 amide bonds. The first-order valence-corrected chi connectivity index (χ1v) is 10.1. The van der Waals surface area contributed by atoms with Gasteiger partial charge in [0.1, 0.15) is 11.4 Å². The molecule has 1 aliphatic heterocycles. The first kappa shape index (κ1) is 21.0. The van der Waals surface area contributed by atoms with E-state index in [1.807, 2.05) is 52.0 Å². The van der Waals surface area contributed by atoms with Crippen LogP contribution in [0.5, 0.6) is 0 Å². The van der Waals surface area contributed by atoms with Gasteiger partial charge < -0.3 is 19.3 Å². The number of hydrogen-bond donors (Lipinski definition) is 0. The van der Waals surface area contributed by atoms with Crippen molar-refractivity contribution in [2.24, 2.45) is 0 Å². The van der Waals surface area contributed by atoms with Crippen LogP contribution in [0.2, 0.25) is 0 Å². The Hall–Kier alpha value is -2.67. The maximum Gasteiger partial charge on any atom is 0.410 e. The maximum absolute atomic E-state index is 12.3. The SMILES string of the molecule is CCOCc1cccc(-c2nccc(N3CCN(C(=O)OC(C)(C)C)CC3)n2)c1. The van der Waals surface area contributed by atoms with E-state index >= 15 is 0 Å². The average molecular weight is 399 g/mol. The number of piperazine rings is 1. The molecule has 156 valence electrons. The summed E-state index contributed by atoms with van der Waals surface area (Å²) in [6, 6.07) is 10.0. The van der Waals surface area contributed by atoms with E-state index in [2.05, 4.69) is 16.0 Å². The Morgan fingerprint density at radius 3 is 2.59 bits per heavy atom. The molecule has 0 bridgehead atoms. The van der Waals surface area contributed by atoms with Gasteiger partial charge in [-0.15, -0.1) is 0 Å². The highest BCUT2D eigenvalue weighted by molar-refractivity contribution is 5.68. The number of carbonyl (C=O) groups excluding carboxylic acids is 1. The lowest BCUT2D eigenvalue weighted by molar-refractivity contribution is 0.0240. The summed E-state index contributed by atoms with van der Waals surface area (Å²) in [5.74, 6) is 1.56. The molecule has 0 N–H and O–H groups in total. The van der Waals surface area contributed by atoms with E-state index in [9.17, 15) is 4.79 Å². The molecule has 2 heterocycles. The molecule has 1 fully saturated rings. The zero-order valence-electron chi connectivity index (χ0n) is 17.7. The number of amides is 1. The van der Waals surface area contributed by atoms with Crippen LogP contribution in [0.15, 0.2) is 36.5 Å². The van der Waals surface area contributed by atoms with Crippen molar-refractivity contribution in [2.75, 3.05) is 37.7 Å². The van der Waals surface area contributed by atoms with Crippen molar-refractivity contribution >= 4 is 11.9 Å². The Kier molecular flexibility index (Phi) is 6.69. The molecular formula is C22H30N4O3. The van der Waals surface area contributed by atoms with E-state index in [0.29, 0.717) is 45.2 Å². The number of nitrogens with zero attached hydrogens (tertiary/aromatic N) is 4. The number of aromatic nitrogens is 2. The Morgan fingerprint density at radius 2 is 1.90 bits per heavy atom. The van der Waals surface area contributed by atoms with Crippen molar-refractivity contribution < 1.29 is 14.3 Å². The van der Waals surface area contributed by atoms with Crippen LogP contribution in [0.3, 0.4) is 0 Å². The van der Waals surface area contributed by atoms with Gasteiger partial charge in [-0.2, -0.15) is 0 Å². The van der Waals surface area contributed by atoms with Gasteiger partial charge in [-0.05, 0) is 45.4 Å². The van der Waals surface area contributed by atoms with E-state index in [0.717, 1.165) is 16.9 Å². The third-order valence-electron chi connectivity index (χ3n) is 4.55. The van der Waals surface area contributed by atoms with Crippen LogP contribution in [-0.2, 0) is 16.1 Å². The van der Waals surface area contributed by atoms with Crippen molar-refractivity contribution in [3.8, 4) is 11.4 Å². The second-order valence-corrected chi connectivity index (χ2v) is 8.03. The second-order valence-electron chi connectivity index (χ2n) is 8.03. The fraction of sp³-hybridized carbons (Fsp3) is 0.500. The van der Waals surface area contributed by atoms with Gasteiger partial charge in [-0.1, -0.05) is 18.2 Å². The average Bonchev–Trinajstić information content (AvgIpc) is 2.71. The lowest BCUT2D eigenvalue weighted by Crippen LogP contribution is -2.50. The Morgan fingerprint density at radius 1 is 1.14 bits per heavy atom. The van der Waals surface area contributed by atoms with Crippen LogP contribution in [-0.4, -0.2) is 59.3 Å². The highest BCUT2D eigenvalue weighted by Crippen LogP contribution is 2.21. The fourth-order valence-corrected chi connectivity index (χ4v) is 3.13. The standard InChI is InChI=1S/C22H30N4O3/c1-5-28-16-17-7-6-8-18(15-17)20-23-10-9-19(24-20)25-11-13-26(14-12-25)21(27)29-22(2,3)4/h6-10,15H,5,11-14,16H2,1-4H3. The van der Waals surface area contributed by atoms with Gasteiger partial charge in [0.2, 0.25) is 0 Å². The van der Waals surface area contributed by atoms with Crippen LogP contribution in [0.25, 0.3) is 11.4 Å². The Labute approximate surface area is 172 Å². The van der Waals surface area contributed by atoms with Gasteiger partial charge in [0.25, 0.3) is 0 Å². The monoisotopic (exact) mass is 398 g/mol. The molecule has 0 saturated carbocycles. The summed E-state index contributed by atoms with van der Waals surface area (Å²) in [5, 5.41) is 0. The fourth-order valence-electron chi connectivity index (χ4n) is 3.13. The number of rotatable bonds is 5. The Balaban J connectivity index is 1.66. The minimum Gasteiger partial charge on any atom is -0.444 e. The topological polar surface area (TPSA) is 67.8 Å². The number of ether oxygens (including phenoxy) is 2. The predicted octanol–water partition coefficient (Wildman–Crippen LogP) is 3.74.